The van der Waals surface area contributed by atoms with Gasteiger partial charge in [-0.25, -0.2) is 0 Å². The number of rotatable bonds is 4. The van der Waals surface area contributed by atoms with Crippen molar-refractivity contribution in [2.75, 3.05) is 0 Å². The summed E-state index contributed by atoms with van der Waals surface area (Å²) in [6.07, 6.45) is 1.51. The van der Waals surface area contributed by atoms with Gasteiger partial charge in [0.1, 0.15) is 12.1 Å². The molecule has 1 N–H and O–H groups in total. The van der Waals surface area contributed by atoms with E-state index >= 15 is 0 Å². The van der Waals surface area contributed by atoms with Crippen molar-refractivity contribution in [1.82, 2.24) is 20.0 Å². The fraction of sp³-hybridized carbons (Fsp3) is 0.643. The number of amides is 2. The molecule has 1 fully saturated rings. The van der Waals surface area contributed by atoms with Gasteiger partial charge in [-0.1, -0.05) is 13.3 Å². The van der Waals surface area contributed by atoms with Crippen molar-refractivity contribution in [2.24, 2.45) is 7.05 Å². The summed E-state index contributed by atoms with van der Waals surface area (Å²) in [6, 6.07) is -0.875. The molecule has 2 amide bonds. The second-order valence-corrected chi connectivity index (χ2v) is 6.26. The summed E-state index contributed by atoms with van der Waals surface area (Å²) < 4.78 is 2.65. The van der Waals surface area contributed by atoms with Gasteiger partial charge in [-0.2, -0.15) is 5.10 Å². The highest BCUT2D eigenvalue weighted by Crippen LogP contribution is 2.25. The molecule has 0 spiro atoms. The molecule has 2 atom stereocenters. The molecule has 1 saturated heterocycles. The van der Waals surface area contributed by atoms with E-state index in [9.17, 15) is 9.59 Å². The van der Waals surface area contributed by atoms with Crippen LogP contribution in [0.2, 0.25) is 0 Å². The highest BCUT2D eigenvalue weighted by Gasteiger charge is 2.38. The fourth-order valence-electron chi connectivity index (χ4n) is 2.68. The Hall–Kier alpha value is -1.37. The second kappa shape index (κ2) is 6.17. The molecule has 0 radical (unpaired) electrons. The Bertz CT molecular complexity index is 570. The molecule has 0 saturated carbocycles. The molecule has 0 bridgehead atoms. The lowest BCUT2D eigenvalue weighted by Crippen LogP contribution is -2.62. The fourth-order valence-corrected chi connectivity index (χ4v) is 3.14. The van der Waals surface area contributed by atoms with Crippen molar-refractivity contribution >= 4 is 27.7 Å². The van der Waals surface area contributed by atoms with Crippen LogP contribution >= 0.6 is 15.9 Å². The van der Waals surface area contributed by atoms with Crippen LogP contribution in [-0.2, 0) is 23.2 Å². The molecule has 2 unspecified atom stereocenters. The highest BCUT2D eigenvalue weighted by molar-refractivity contribution is 9.10. The van der Waals surface area contributed by atoms with Gasteiger partial charge in [-0.05, 0) is 36.2 Å². The quantitative estimate of drug-likeness (QED) is 0.888. The summed E-state index contributed by atoms with van der Waals surface area (Å²) in [7, 11) is 1.85. The molecule has 2 rings (SSSR count). The molecule has 0 aromatic carbocycles. The van der Waals surface area contributed by atoms with Crippen LogP contribution in [0.15, 0.2) is 4.47 Å². The van der Waals surface area contributed by atoms with Crippen LogP contribution in [0.5, 0.6) is 0 Å². The summed E-state index contributed by atoms with van der Waals surface area (Å²) in [5.41, 5.74) is 1.78. The van der Waals surface area contributed by atoms with E-state index in [2.05, 4.69) is 26.3 Å². The third-order valence-electron chi connectivity index (χ3n) is 3.84. The number of nitrogens with one attached hydrogen (secondary N) is 1. The number of halogens is 1. The predicted octanol–water partition coefficient (Wildman–Crippen LogP) is 1.51. The maximum absolute atomic E-state index is 12.5. The van der Waals surface area contributed by atoms with E-state index in [0.717, 1.165) is 22.3 Å². The van der Waals surface area contributed by atoms with Crippen molar-refractivity contribution < 1.29 is 9.59 Å². The molecule has 0 aliphatic carbocycles. The van der Waals surface area contributed by atoms with E-state index in [4.69, 9.17) is 0 Å². The van der Waals surface area contributed by atoms with Crippen molar-refractivity contribution in [2.45, 2.75) is 52.2 Å². The van der Waals surface area contributed by atoms with Gasteiger partial charge in [-0.15, -0.1) is 0 Å². The number of nitrogens with zero attached hydrogens (tertiary/aromatic N) is 3. The van der Waals surface area contributed by atoms with Crippen LogP contribution < -0.4 is 5.32 Å². The SMILES string of the molecule is CCCC1C(=O)NC(C)C(=O)N1Cc1c(Br)c(C)nn1C. The summed E-state index contributed by atoms with van der Waals surface area (Å²) >= 11 is 3.52. The third kappa shape index (κ3) is 2.97. The number of carbonyl (C=O) groups excluding carboxylic acids is 2. The maximum Gasteiger partial charge on any atom is 0.245 e. The van der Waals surface area contributed by atoms with Gasteiger partial charge < -0.3 is 10.2 Å². The molecule has 6 nitrogen and oxygen atoms in total. The number of carbonyl (C=O) groups is 2. The Kier molecular flexibility index (Phi) is 4.70. The molecular formula is C14H21BrN4O2. The summed E-state index contributed by atoms with van der Waals surface area (Å²) in [5.74, 6) is -0.113. The number of piperazine rings is 1. The lowest BCUT2D eigenvalue weighted by Gasteiger charge is -2.38. The number of hydrogen-bond acceptors (Lipinski definition) is 3. The van der Waals surface area contributed by atoms with Crippen LogP contribution in [0.3, 0.4) is 0 Å². The first-order chi connectivity index (χ1) is 9.86. The topological polar surface area (TPSA) is 67.2 Å². The van der Waals surface area contributed by atoms with Gasteiger partial charge in [0, 0.05) is 7.05 Å². The molecule has 1 aliphatic rings. The van der Waals surface area contributed by atoms with E-state index in [1.54, 1.807) is 16.5 Å². The Morgan fingerprint density at radius 2 is 2.05 bits per heavy atom. The molecule has 2 heterocycles. The summed E-state index contributed by atoms with van der Waals surface area (Å²) in [6.45, 7) is 6.03. The van der Waals surface area contributed by atoms with E-state index in [-0.39, 0.29) is 11.8 Å². The Balaban J connectivity index is 2.32. The Labute approximate surface area is 133 Å². The smallest absolute Gasteiger partial charge is 0.245 e. The minimum Gasteiger partial charge on any atom is -0.343 e. The highest BCUT2D eigenvalue weighted by atomic mass is 79.9. The monoisotopic (exact) mass is 356 g/mol. The molecule has 1 aromatic heterocycles. The van der Waals surface area contributed by atoms with E-state index in [1.165, 1.54) is 0 Å². The van der Waals surface area contributed by atoms with Gasteiger partial charge in [0.05, 0.1) is 22.4 Å². The minimum absolute atomic E-state index is 0.0428. The molecule has 1 aromatic rings. The first-order valence-corrected chi connectivity index (χ1v) is 7.94. The van der Waals surface area contributed by atoms with Crippen LogP contribution in [-0.4, -0.2) is 38.6 Å². The lowest BCUT2D eigenvalue weighted by molar-refractivity contribution is -0.149. The zero-order valence-corrected chi connectivity index (χ0v) is 14.4. The zero-order valence-electron chi connectivity index (χ0n) is 12.8. The maximum atomic E-state index is 12.5. The number of aromatic nitrogens is 2. The van der Waals surface area contributed by atoms with Gasteiger partial charge in [0.2, 0.25) is 11.8 Å². The lowest BCUT2D eigenvalue weighted by atomic mass is 10.0. The second-order valence-electron chi connectivity index (χ2n) is 5.47. The first-order valence-electron chi connectivity index (χ1n) is 7.15. The van der Waals surface area contributed by atoms with Gasteiger partial charge >= 0.3 is 0 Å². The van der Waals surface area contributed by atoms with E-state index in [1.807, 2.05) is 20.9 Å². The summed E-state index contributed by atoms with van der Waals surface area (Å²) in [5, 5.41) is 7.09. The standard InChI is InChI=1S/C14H21BrN4O2/c1-5-6-10-13(20)16-9(3)14(21)19(10)7-11-12(15)8(2)17-18(11)4/h9-10H,5-7H2,1-4H3,(H,16,20). The molecule has 21 heavy (non-hydrogen) atoms. The average molecular weight is 357 g/mol. The van der Waals surface area contributed by atoms with Crippen LogP contribution in [0.25, 0.3) is 0 Å². The van der Waals surface area contributed by atoms with E-state index in [0.29, 0.717) is 13.0 Å². The van der Waals surface area contributed by atoms with Crippen LogP contribution in [0.1, 0.15) is 38.1 Å². The van der Waals surface area contributed by atoms with Crippen molar-refractivity contribution in [3.63, 3.8) is 0 Å². The Morgan fingerprint density at radius 1 is 1.38 bits per heavy atom. The third-order valence-corrected chi connectivity index (χ3v) is 4.87. The van der Waals surface area contributed by atoms with E-state index < -0.39 is 12.1 Å². The zero-order chi connectivity index (χ0) is 15.7. The molecule has 1 aliphatic heterocycles. The van der Waals surface area contributed by atoms with Gasteiger partial charge in [0.15, 0.2) is 0 Å². The number of aryl methyl sites for hydroxylation is 2. The predicted molar refractivity (Wildman–Crippen MR) is 82.5 cm³/mol. The van der Waals surface area contributed by atoms with Crippen molar-refractivity contribution in [3.8, 4) is 0 Å². The largest absolute Gasteiger partial charge is 0.343 e. The summed E-state index contributed by atoms with van der Waals surface area (Å²) in [4.78, 5) is 26.3. The Morgan fingerprint density at radius 3 is 2.57 bits per heavy atom. The molecule has 116 valence electrons. The van der Waals surface area contributed by atoms with Crippen LogP contribution in [0.4, 0.5) is 0 Å². The normalized spacial score (nSPS) is 22.6. The number of hydrogen-bond donors (Lipinski definition) is 1. The minimum atomic E-state index is -0.473. The molecular weight excluding hydrogens is 336 g/mol. The van der Waals surface area contributed by atoms with Crippen LogP contribution in [0, 0.1) is 6.92 Å². The first kappa shape index (κ1) is 16.0. The van der Waals surface area contributed by atoms with Crippen molar-refractivity contribution in [3.05, 3.63) is 15.9 Å². The van der Waals surface area contributed by atoms with Crippen molar-refractivity contribution in [1.29, 1.82) is 0 Å². The molecule has 7 heteroatoms. The van der Waals surface area contributed by atoms with Gasteiger partial charge in [0.25, 0.3) is 0 Å². The average Bonchev–Trinajstić information content (AvgIpc) is 2.66. The van der Waals surface area contributed by atoms with Gasteiger partial charge in [-0.3, -0.25) is 14.3 Å².